The highest BCUT2D eigenvalue weighted by Crippen LogP contribution is 2.30. The summed E-state index contributed by atoms with van der Waals surface area (Å²) < 4.78 is 2.22. The van der Waals surface area contributed by atoms with E-state index in [1.54, 1.807) is 0 Å². The lowest BCUT2D eigenvalue weighted by molar-refractivity contribution is 1.10. The smallest absolute Gasteiger partial charge is 0.145 e. The summed E-state index contributed by atoms with van der Waals surface area (Å²) in [6.07, 6.45) is 0. The van der Waals surface area contributed by atoms with Crippen LogP contribution in [-0.4, -0.2) is 9.55 Å². The molecule has 2 heteroatoms. The van der Waals surface area contributed by atoms with Crippen molar-refractivity contribution in [1.29, 1.82) is 0 Å². The summed E-state index contributed by atoms with van der Waals surface area (Å²) in [5, 5.41) is 0. The molecule has 0 amide bonds. The summed E-state index contributed by atoms with van der Waals surface area (Å²) in [4.78, 5) is 4.92. The molecule has 5 aromatic rings. The maximum atomic E-state index is 4.92. The quantitative estimate of drug-likeness (QED) is 0.383. The molecule has 0 saturated carbocycles. The highest BCUT2D eigenvalue weighted by Gasteiger charge is 2.13. The Hall–Kier alpha value is -3.65. The van der Waals surface area contributed by atoms with Gasteiger partial charge >= 0.3 is 0 Å². The second kappa shape index (κ2) is 6.58. The number of rotatable bonds is 3. The molecule has 0 aliphatic carbocycles. The van der Waals surface area contributed by atoms with E-state index in [-0.39, 0.29) is 0 Å². The van der Waals surface area contributed by atoms with E-state index in [4.69, 9.17) is 4.98 Å². The Bertz CT molecular complexity index is 1190. The number of para-hydroxylation sites is 3. The molecule has 0 spiro atoms. The third-order valence-corrected chi connectivity index (χ3v) is 4.76. The van der Waals surface area contributed by atoms with Crippen LogP contribution in [0.5, 0.6) is 0 Å². The topological polar surface area (TPSA) is 17.8 Å². The number of hydrogen-bond acceptors (Lipinski definition) is 1. The zero-order valence-corrected chi connectivity index (χ0v) is 14.7. The van der Waals surface area contributed by atoms with E-state index in [1.807, 2.05) is 30.3 Å². The van der Waals surface area contributed by atoms with Crippen molar-refractivity contribution in [3.05, 3.63) is 109 Å². The summed E-state index contributed by atoms with van der Waals surface area (Å²) in [7, 11) is 0. The van der Waals surface area contributed by atoms with Gasteiger partial charge in [-0.3, -0.25) is 4.57 Å². The summed E-state index contributed by atoms with van der Waals surface area (Å²) in [5.41, 5.74) is 6.67. The highest BCUT2D eigenvalue weighted by molar-refractivity contribution is 5.83. The summed E-state index contributed by atoms with van der Waals surface area (Å²) in [6.45, 7) is 0. The molecule has 4 aromatic carbocycles. The Morgan fingerprint density at radius 1 is 0.630 bits per heavy atom. The van der Waals surface area contributed by atoms with Gasteiger partial charge in [0.25, 0.3) is 0 Å². The van der Waals surface area contributed by atoms with Crippen LogP contribution in [0.3, 0.4) is 0 Å². The molecule has 2 nitrogen and oxygen atoms in total. The van der Waals surface area contributed by atoms with Crippen molar-refractivity contribution in [3.8, 4) is 28.2 Å². The van der Waals surface area contributed by atoms with Crippen molar-refractivity contribution in [3.63, 3.8) is 0 Å². The largest absolute Gasteiger partial charge is 0.292 e. The zero-order valence-electron chi connectivity index (χ0n) is 14.7. The summed E-state index contributed by atoms with van der Waals surface area (Å²) in [6, 6.07) is 38.4. The average molecular weight is 345 g/mol. The van der Waals surface area contributed by atoms with E-state index >= 15 is 0 Å². The molecule has 1 radical (unpaired) electrons. The van der Waals surface area contributed by atoms with E-state index in [0.29, 0.717) is 0 Å². The van der Waals surface area contributed by atoms with Crippen LogP contribution in [0.15, 0.2) is 103 Å². The van der Waals surface area contributed by atoms with Gasteiger partial charge in [0, 0.05) is 11.3 Å². The van der Waals surface area contributed by atoms with E-state index in [0.717, 1.165) is 28.1 Å². The molecule has 0 N–H and O–H groups in total. The predicted octanol–water partition coefficient (Wildman–Crippen LogP) is 6.16. The molecular formula is C25H17N2. The Morgan fingerprint density at radius 2 is 1.37 bits per heavy atom. The Labute approximate surface area is 158 Å². The van der Waals surface area contributed by atoms with Crippen molar-refractivity contribution >= 4 is 11.0 Å². The van der Waals surface area contributed by atoms with Crippen LogP contribution < -0.4 is 0 Å². The number of aromatic nitrogens is 2. The predicted molar refractivity (Wildman–Crippen MR) is 111 cm³/mol. The monoisotopic (exact) mass is 345 g/mol. The molecule has 0 aliphatic rings. The van der Waals surface area contributed by atoms with Gasteiger partial charge in [-0.05, 0) is 47.5 Å². The standard InChI is InChI=1S/C25H17N2/c1-3-9-19(10-4-1)20-15-17-21(18-16-20)25-26-23-13-7-8-14-24(23)27(25)22-11-5-2-6-12-22/h1-3,5-18H. The molecule has 5 rings (SSSR count). The number of hydrogen-bond donors (Lipinski definition) is 0. The minimum Gasteiger partial charge on any atom is -0.292 e. The van der Waals surface area contributed by atoms with Gasteiger partial charge in [0.2, 0.25) is 0 Å². The molecule has 0 unspecified atom stereocenters. The first-order valence-electron chi connectivity index (χ1n) is 9.00. The van der Waals surface area contributed by atoms with Crippen LogP contribution in [0.1, 0.15) is 0 Å². The molecule has 1 aromatic heterocycles. The Morgan fingerprint density at radius 3 is 2.15 bits per heavy atom. The van der Waals surface area contributed by atoms with Crippen molar-refractivity contribution in [1.82, 2.24) is 9.55 Å². The molecular weight excluding hydrogens is 328 g/mol. The minimum atomic E-state index is 0.952. The molecule has 0 bridgehead atoms. The van der Waals surface area contributed by atoms with Crippen LogP contribution in [-0.2, 0) is 0 Å². The van der Waals surface area contributed by atoms with E-state index in [9.17, 15) is 0 Å². The van der Waals surface area contributed by atoms with Gasteiger partial charge in [-0.1, -0.05) is 72.8 Å². The molecule has 27 heavy (non-hydrogen) atoms. The second-order valence-corrected chi connectivity index (χ2v) is 6.46. The van der Waals surface area contributed by atoms with E-state index in [1.165, 1.54) is 11.1 Å². The fourth-order valence-electron chi connectivity index (χ4n) is 3.44. The third-order valence-electron chi connectivity index (χ3n) is 4.76. The van der Waals surface area contributed by atoms with Gasteiger partial charge in [-0.15, -0.1) is 0 Å². The second-order valence-electron chi connectivity index (χ2n) is 6.46. The first-order chi connectivity index (χ1) is 13.4. The minimum absolute atomic E-state index is 0.952. The first-order valence-corrected chi connectivity index (χ1v) is 9.00. The highest BCUT2D eigenvalue weighted by atomic mass is 15.1. The molecule has 127 valence electrons. The van der Waals surface area contributed by atoms with Crippen LogP contribution in [0, 0.1) is 6.07 Å². The normalized spacial score (nSPS) is 11.0. The first kappa shape index (κ1) is 15.6. The fraction of sp³-hybridized carbons (Fsp3) is 0. The fourth-order valence-corrected chi connectivity index (χ4v) is 3.44. The lowest BCUT2D eigenvalue weighted by Crippen LogP contribution is -1.97. The number of fused-ring (bicyclic) bond motifs is 1. The van der Waals surface area contributed by atoms with Crippen LogP contribution >= 0.6 is 0 Å². The van der Waals surface area contributed by atoms with E-state index in [2.05, 4.69) is 83.4 Å². The number of nitrogens with zero attached hydrogens (tertiary/aromatic N) is 2. The van der Waals surface area contributed by atoms with Crippen molar-refractivity contribution < 1.29 is 0 Å². The summed E-state index contributed by atoms with van der Waals surface area (Å²) >= 11 is 0. The Balaban J connectivity index is 1.67. The molecule has 0 atom stereocenters. The maximum Gasteiger partial charge on any atom is 0.145 e. The van der Waals surface area contributed by atoms with Gasteiger partial charge < -0.3 is 0 Å². The molecule has 0 aliphatic heterocycles. The number of imidazole rings is 1. The van der Waals surface area contributed by atoms with Gasteiger partial charge in [0.15, 0.2) is 0 Å². The summed E-state index contributed by atoms with van der Waals surface area (Å²) in [5.74, 6) is 0.952. The van der Waals surface area contributed by atoms with Crippen LogP contribution in [0.25, 0.3) is 39.2 Å². The lowest BCUT2D eigenvalue weighted by atomic mass is 10.0. The molecule has 1 heterocycles. The zero-order chi connectivity index (χ0) is 18.1. The average Bonchev–Trinajstić information content (AvgIpc) is 3.15. The van der Waals surface area contributed by atoms with Gasteiger partial charge in [0.1, 0.15) is 5.82 Å². The van der Waals surface area contributed by atoms with Crippen LogP contribution in [0.2, 0.25) is 0 Å². The van der Waals surface area contributed by atoms with Crippen molar-refractivity contribution in [2.75, 3.05) is 0 Å². The van der Waals surface area contributed by atoms with Gasteiger partial charge in [-0.25, -0.2) is 4.98 Å². The third kappa shape index (κ3) is 2.81. The maximum absolute atomic E-state index is 4.92. The SMILES string of the molecule is [c]1cccc(-c2ccc(-c3nc4ccccc4n3-c3ccccc3)cc2)c1. The molecule has 0 saturated heterocycles. The van der Waals surface area contributed by atoms with Gasteiger partial charge in [-0.2, -0.15) is 0 Å². The number of benzene rings is 4. The van der Waals surface area contributed by atoms with Gasteiger partial charge in [0.05, 0.1) is 11.0 Å². The van der Waals surface area contributed by atoms with Crippen molar-refractivity contribution in [2.24, 2.45) is 0 Å². The van der Waals surface area contributed by atoms with Crippen molar-refractivity contribution in [2.45, 2.75) is 0 Å². The lowest BCUT2D eigenvalue weighted by Gasteiger charge is -2.10. The van der Waals surface area contributed by atoms with E-state index < -0.39 is 0 Å². The molecule has 0 fully saturated rings. The van der Waals surface area contributed by atoms with Crippen LogP contribution in [0.4, 0.5) is 0 Å². The Kier molecular flexibility index (Phi) is 3.80.